The number of non-ortho nitro benzene ring substituents is 1. The predicted molar refractivity (Wildman–Crippen MR) is 71.6 cm³/mol. The largest absolute Gasteiger partial charge is 0.368 e. The standard InChI is InChI=1S/C14H21NO3/c1-5-6-13(18-14(2,3)4)11-7-9-12(10-8-11)15(16)17/h7-10,13H,5-6H2,1-4H3. The van der Waals surface area contributed by atoms with Crippen LogP contribution in [0.15, 0.2) is 24.3 Å². The van der Waals surface area contributed by atoms with Crippen molar-refractivity contribution in [3.8, 4) is 0 Å². The molecule has 0 heterocycles. The highest BCUT2D eigenvalue weighted by Crippen LogP contribution is 2.29. The molecule has 1 aromatic carbocycles. The van der Waals surface area contributed by atoms with E-state index in [0.29, 0.717) is 0 Å². The summed E-state index contributed by atoms with van der Waals surface area (Å²) in [7, 11) is 0. The quantitative estimate of drug-likeness (QED) is 0.580. The van der Waals surface area contributed by atoms with Crippen LogP contribution in [0.5, 0.6) is 0 Å². The predicted octanol–water partition coefficient (Wildman–Crippen LogP) is 4.25. The third-order valence-corrected chi connectivity index (χ3v) is 2.52. The number of nitro groups is 1. The first kappa shape index (κ1) is 14.6. The highest BCUT2D eigenvalue weighted by Gasteiger charge is 2.20. The molecule has 0 N–H and O–H groups in total. The van der Waals surface area contributed by atoms with Crippen LogP contribution in [-0.4, -0.2) is 10.5 Å². The second-order valence-electron chi connectivity index (χ2n) is 5.36. The van der Waals surface area contributed by atoms with Gasteiger partial charge in [0.05, 0.1) is 16.6 Å². The van der Waals surface area contributed by atoms with Crippen molar-refractivity contribution in [1.82, 2.24) is 0 Å². The number of nitrogens with zero attached hydrogens (tertiary/aromatic N) is 1. The normalized spacial score (nSPS) is 13.3. The average Bonchev–Trinajstić information content (AvgIpc) is 2.27. The minimum absolute atomic E-state index is 0.00389. The third kappa shape index (κ3) is 4.45. The maximum absolute atomic E-state index is 10.6. The van der Waals surface area contributed by atoms with Gasteiger partial charge in [-0.25, -0.2) is 0 Å². The molecule has 4 heteroatoms. The first-order valence-corrected chi connectivity index (χ1v) is 6.25. The molecule has 1 aromatic rings. The van der Waals surface area contributed by atoms with Gasteiger partial charge in [0.15, 0.2) is 0 Å². The highest BCUT2D eigenvalue weighted by atomic mass is 16.6. The third-order valence-electron chi connectivity index (χ3n) is 2.52. The number of benzene rings is 1. The lowest BCUT2D eigenvalue weighted by molar-refractivity contribution is -0.384. The molecule has 0 amide bonds. The number of hydrogen-bond acceptors (Lipinski definition) is 3. The van der Waals surface area contributed by atoms with Gasteiger partial charge in [0.2, 0.25) is 0 Å². The number of rotatable bonds is 5. The second kappa shape index (κ2) is 5.96. The van der Waals surface area contributed by atoms with Crippen molar-refractivity contribution in [2.75, 3.05) is 0 Å². The molecular formula is C14H21NO3. The zero-order valence-corrected chi connectivity index (χ0v) is 11.5. The molecule has 100 valence electrons. The fourth-order valence-electron chi connectivity index (χ4n) is 1.79. The van der Waals surface area contributed by atoms with E-state index in [0.717, 1.165) is 18.4 Å². The SMILES string of the molecule is CCCC(OC(C)(C)C)c1ccc([N+](=O)[O-])cc1. The van der Waals surface area contributed by atoms with Gasteiger partial charge in [-0.05, 0) is 44.9 Å². The van der Waals surface area contributed by atoms with Gasteiger partial charge >= 0.3 is 0 Å². The minimum atomic E-state index is -0.386. The minimum Gasteiger partial charge on any atom is -0.368 e. The monoisotopic (exact) mass is 251 g/mol. The fraction of sp³-hybridized carbons (Fsp3) is 0.571. The Hall–Kier alpha value is -1.42. The van der Waals surface area contributed by atoms with Crippen molar-refractivity contribution in [3.63, 3.8) is 0 Å². The molecule has 4 nitrogen and oxygen atoms in total. The summed E-state index contributed by atoms with van der Waals surface area (Å²) >= 11 is 0. The molecule has 0 radical (unpaired) electrons. The van der Waals surface area contributed by atoms with Crippen LogP contribution < -0.4 is 0 Å². The Bertz CT molecular complexity index is 392. The highest BCUT2D eigenvalue weighted by molar-refractivity contribution is 5.33. The fourth-order valence-corrected chi connectivity index (χ4v) is 1.79. The van der Waals surface area contributed by atoms with Crippen LogP contribution in [0, 0.1) is 10.1 Å². The number of nitro benzene ring substituents is 1. The van der Waals surface area contributed by atoms with Gasteiger partial charge in [-0.2, -0.15) is 0 Å². The van der Waals surface area contributed by atoms with Crippen molar-refractivity contribution in [1.29, 1.82) is 0 Å². The first-order valence-electron chi connectivity index (χ1n) is 6.25. The second-order valence-corrected chi connectivity index (χ2v) is 5.36. The van der Waals surface area contributed by atoms with Crippen LogP contribution in [0.4, 0.5) is 5.69 Å². The van der Waals surface area contributed by atoms with Crippen LogP contribution >= 0.6 is 0 Å². The van der Waals surface area contributed by atoms with Gasteiger partial charge in [-0.1, -0.05) is 13.3 Å². The summed E-state index contributed by atoms with van der Waals surface area (Å²) in [6, 6.07) is 6.63. The van der Waals surface area contributed by atoms with E-state index in [1.807, 2.05) is 20.8 Å². The van der Waals surface area contributed by atoms with E-state index >= 15 is 0 Å². The van der Waals surface area contributed by atoms with Gasteiger partial charge in [0.1, 0.15) is 0 Å². The lowest BCUT2D eigenvalue weighted by Crippen LogP contribution is -2.22. The van der Waals surface area contributed by atoms with Crippen LogP contribution in [0.1, 0.15) is 52.2 Å². The summed E-state index contributed by atoms with van der Waals surface area (Å²) in [6.45, 7) is 8.15. The van der Waals surface area contributed by atoms with Crippen LogP contribution in [0.3, 0.4) is 0 Å². The van der Waals surface area contributed by atoms with Crippen molar-refractivity contribution in [3.05, 3.63) is 39.9 Å². The molecule has 0 bridgehead atoms. The van der Waals surface area contributed by atoms with E-state index in [-0.39, 0.29) is 22.3 Å². The Morgan fingerprint density at radius 1 is 1.28 bits per heavy atom. The Balaban J connectivity index is 2.88. The zero-order chi connectivity index (χ0) is 13.8. The van der Waals surface area contributed by atoms with Crippen molar-refractivity contribution >= 4 is 5.69 Å². The Kier molecular flexibility index (Phi) is 4.84. The molecular weight excluding hydrogens is 230 g/mol. The summed E-state index contributed by atoms with van der Waals surface area (Å²) in [5.74, 6) is 0. The molecule has 0 fully saturated rings. The smallest absolute Gasteiger partial charge is 0.269 e. The first-order chi connectivity index (χ1) is 8.33. The van der Waals surface area contributed by atoms with Crippen LogP contribution in [-0.2, 0) is 4.74 Å². The van der Waals surface area contributed by atoms with E-state index in [9.17, 15) is 10.1 Å². The molecule has 0 aromatic heterocycles. The van der Waals surface area contributed by atoms with Gasteiger partial charge in [-0.3, -0.25) is 10.1 Å². The molecule has 0 aliphatic carbocycles. The summed E-state index contributed by atoms with van der Waals surface area (Å²) in [6.07, 6.45) is 1.92. The molecule has 1 rings (SSSR count). The van der Waals surface area contributed by atoms with E-state index in [4.69, 9.17) is 4.74 Å². The summed E-state index contributed by atoms with van der Waals surface area (Å²) in [4.78, 5) is 10.2. The van der Waals surface area contributed by atoms with E-state index < -0.39 is 0 Å². The Labute approximate surface area is 108 Å². The summed E-state index contributed by atoms with van der Waals surface area (Å²) < 4.78 is 5.99. The molecule has 0 saturated carbocycles. The molecule has 0 aliphatic rings. The van der Waals surface area contributed by atoms with Gasteiger partial charge in [-0.15, -0.1) is 0 Å². The van der Waals surface area contributed by atoms with E-state index in [1.165, 1.54) is 12.1 Å². The van der Waals surface area contributed by atoms with Crippen molar-refractivity contribution < 1.29 is 9.66 Å². The number of hydrogen-bond donors (Lipinski definition) is 0. The zero-order valence-electron chi connectivity index (χ0n) is 11.5. The topological polar surface area (TPSA) is 52.4 Å². The van der Waals surface area contributed by atoms with Crippen molar-refractivity contribution in [2.45, 2.75) is 52.2 Å². The van der Waals surface area contributed by atoms with Crippen molar-refractivity contribution in [2.24, 2.45) is 0 Å². The van der Waals surface area contributed by atoms with Crippen LogP contribution in [0.25, 0.3) is 0 Å². The maximum Gasteiger partial charge on any atom is 0.269 e. The molecule has 1 unspecified atom stereocenters. The molecule has 18 heavy (non-hydrogen) atoms. The van der Waals surface area contributed by atoms with Crippen LogP contribution in [0.2, 0.25) is 0 Å². The van der Waals surface area contributed by atoms with E-state index in [2.05, 4.69) is 6.92 Å². The van der Waals surface area contributed by atoms with E-state index in [1.54, 1.807) is 12.1 Å². The Morgan fingerprint density at radius 2 is 1.83 bits per heavy atom. The Morgan fingerprint density at radius 3 is 2.22 bits per heavy atom. The average molecular weight is 251 g/mol. The lowest BCUT2D eigenvalue weighted by Gasteiger charge is -2.27. The number of ether oxygens (including phenoxy) is 1. The molecule has 0 spiro atoms. The maximum atomic E-state index is 10.6. The summed E-state index contributed by atoms with van der Waals surface area (Å²) in [5.41, 5.74) is 0.892. The molecule has 0 saturated heterocycles. The van der Waals surface area contributed by atoms with Gasteiger partial charge < -0.3 is 4.74 Å². The van der Waals surface area contributed by atoms with Gasteiger partial charge in [0.25, 0.3) is 5.69 Å². The van der Waals surface area contributed by atoms with Gasteiger partial charge in [0, 0.05) is 12.1 Å². The molecule has 1 atom stereocenters. The lowest BCUT2D eigenvalue weighted by atomic mass is 10.0. The molecule has 0 aliphatic heterocycles. The summed E-state index contributed by atoms with van der Waals surface area (Å²) in [5, 5.41) is 10.6.